The Bertz CT molecular complexity index is 1120. The monoisotopic (exact) mass is 490 g/mol. The largest absolute Gasteiger partial charge is 0.369 e. The molecule has 0 unspecified atom stereocenters. The van der Waals surface area contributed by atoms with Crippen molar-refractivity contribution in [2.24, 2.45) is 0 Å². The molecule has 0 bridgehead atoms. The summed E-state index contributed by atoms with van der Waals surface area (Å²) in [5, 5.41) is 0. The summed E-state index contributed by atoms with van der Waals surface area (Å²) in [5.74, 6) is 0. The highest BCUT2D eigenvalue weighted by atomic mass is 16.5. The van der Waals surface area contributed by atoms with E-state index < -0.39 is 0 Å². The van der Waals surface area contributed by atoms with Crippen molar-refractivity contribution in [3.63, 3.8) is 0 Å². The second-order valence-corrected chi connectivity index (χ2v) is 8.65. The van der Waals surface area contributed by atoms with E-state index in [1.807, 2.05) is 27.7 Å². The van der Waals surface area contributed by atoms with Gasteiger partial charge in [0.2, 0.25) is 0 Å². The predicted octanol–water partition coefficient (Wildman–Crippen LogP) is 9.86. The smallest absolute Gasteiger partial charge is 0.108 e. The molecular weight excluding hydrogens is 448 g/mol. The number of rotatable bonds is 7. The number of hydrogen-bond donors (Lipinski definition) is 0. The van der Waals surface area contributed by atoms with E-state index in [0.717, 1.165) is 32.3 Å². The molecule has 5 rings (SSSR count). The molecule has 0 atom stereocenters. The van der Waals surface area contributed by atoms with Crippen molar-refractivity contribution in [2.45, 2.75) is 59.5 Å². The molecule has 0 saturated heterocycles. The fourth-order valence-electron chi connectivity index (χ4n) is 4.81. The first-order chi connectivity index (χ1) is 18.4. The second-order valence-electron chi connectivity index (χ2n) is 8.65. The van der Waals surface area contributed by atoms with Gasteiger partial charge in [-0.25, -0.2) is 0 Å². The Kier molecular flexibility index (Phi) is 11.9. The normalized spacial score (nSPS) is 11.6. The Morgan fingerprint density at radius 1 is 0.595 bits per heavy atom. The number of hydrogen-bond acceptors (Lipinski definition) is 1. The van der Waals surface area contributed by atoms with Crippen molar-refractivity contribution in [1.29, 1.82) is 0 Å². The van der Waals surface area contributed by atoms with E-state index in [1.54, 1.807) is 0 Å². The summed E-state index contributed by atoms with van der Waals surface area (Å²) in [5.41, 5.74) is 9.45. The second kappa shape index (κ2) is 15.6. The third-order valence-electron chi connectivity index (χ3n) is 6.46. The number of aryl methyl sites for hydroxylation is 2. The van der Waals surface area contributed by atoms with Crippen LogP contribution in [0, 0.1) is 0 Å². The van der Waals surface area contributed by atoms with E-state index in [4.69, 9.17) is 4.74 Å². The van der Waals surface area contributed by atoms with Crippen molar-refractivity contribution >= 4 is 5.57 Å². The van der Waals surface area contributed by atoms with Crippen LogP contribution in [0.2, 0.25) is 0 Å². The molecule has 1 heteroatoms. The van der Waals surface area contributed by atoms with Crippen LogP contribution in [0.3, 0.4) is 0 Å². The van der Waals surface area contributed by atoms with E-state index in [-0.39, 0.29) is 6.10 Å². The molecule has 0 aliphatic heterocycles. The van der Waals surface area contributed by atoms with Gasteiger partial charge in [-0.05, 0) is 64.6 Å². The summed E-state index contributed by atoms with van der Waals surface area (Å²) in [4.78, 5) is 0. The predicted molar refractivity (Wildman–Crippen MR) is 160 cm³/mol. The van der Waals surface area contributed by atoms with Gasteiger partial charge in [-0.1, -0.05) is 143 Å². The van der Waals surface area contributed by atoms with Gasteiger partial charge in [0.15, 0.2) is 0 Å². The third kappa shape index (κ3) is 7.54. The average molecular weight is 491 g/mol. The van der Waals surface area contributed by atoms with Crippen molar-refractivity contribution in [2.75, 3.05) is 6.61 Å². The maximum atomic E-state index is 6.44. The van der Waals surface area contributed by atoms with Crippen LogP contribution in [0.25, 0.3) is 5.57 Å². The summed E-state index contributed by atoms with van der Waals surface area (Å²) < 4.78 is 6.44. The zero-order valence-electron chi connectivity index (χ0n) is 23.0. The lowest BCUT2D eigenvalue weighted by Gasteiger charge is -2.19. The Labute approximate surface area is 224 Å². The molecule has 0 amide bonds. The molecule has 4 aromatic rings. The number of allylic oxidation sites excluding steroid dienone is 1. The first-order valence-electron chi connectivity index (χ1n) is 14.0. The van der Waals surface area contributed by atoms with Gasteiger partial charge >= 0.3 is 0 Å². The van der Waals surface area contributed by atoms with Crippen LogP contribution >= 0.6 is 0 Å². The molecule has 0 aromatic heterocycles. The van der Waals surface area contributed by atoms with Crippen LogP contribution in [-0.4, -0.2) is 6.61 Å². The van der Waals surface area contributed by atoms with Gasteiger partial charge in [0.1, 0.15) is 6.10 Å². The lowest BCUT2D eigenvalue weighted by atomic mass is 9.93. The highest BCUT2D eigenvalue weighted by molar-refractivity contribution is 5.83. The molecule has 0 radical (unpaired) electrons. The third-order valence-corrected chi connectivity index (χ3v) is 6.46. The van der Waals surface area contributed by atoms with Crippen molar-refractivity contribution < 1.29 is 4.74 Å². The zero-order valence-corrected chi connectivity index (χ0v) is 23.0. The quantitative estimate of drug-likeness (QED) is 0.234. The van der Waals surface area contributed by atoms with E-state index in [2.05, 4.69) is 115 Å². The lowest BCUT2D eigenvalue weighted by Crippen LogP contribution is -2.07. The van der Waals surface area contributed by atoms with Gasteiger partial charge < -0.3 is 4.74 Å². The molecular formula is C36H42O. The first kappa shape index (κ1) is 28.2. The molecule has 0 heterocycles. The highest BCUT2D eigenvalue weighted by Gasteiger charge is 2.17. The van der Waals surface area contributed by atoms with E-state index in [0.29, 0.717) is 0 Å². The minimum Gasteiger partial charge on any atom is -0.369 e. The van der Waals surface area contributed by atoms with Crippen LogP contribution in [0.1, 0.15) is 80.0 Å². The Morgan fingerprint density at radius 3 is 1.51 bits per heavy atom. The summed E-state index contributed by atoms with van der Waals surface area (Å²) in [6.07, 6.45) is 6.58. The van der Waals surface area contributed by atoms with E-state index >= 15 is 0 Å². The summed E-state index contributed by atoms with van der Waals surface area (Å²) in [6.45, 7) is 8.72. The molecule has 1 aliphatic carbocycles. The number of benzene rings is 4. The molecule has 0 fully saturated rings. The Hall–Kier alpha value is -3.42. The maximum absolute atomic E-state index is 6.44. The van der Waals surface area contributed by atoms with Gasteiger partial charge in [0.25, 0.3) is 0 Å². The topological polar surface area (TPSA) is 9.23 Å². The van der Waals surface area contributed by atoms with E-state index in [9.17, 15) is 0 Å². The van der Waals surface area contributed by atoms with Gasteiger partial charge in [0.05, 0.1) is 0 Å². The molecule has 1 aliphatic rings. The SMILES string of the molecule is C(CCCOC(c1ccccc1)c1ccccc1)=C1c2ccccc2CCc2ccccc21.CC.CC. The van der Waals surface area contributed by atoms with Gasteiger partial charge in [-0.2, -0.15) is 0 Å². The maximum Gasteiger partial charge on any atom is 0.108 e. The first-order valence-corrected chi connectivity index (χ1v) is 14.0. The molecule has 1 nitrogen and oxygen atoms in total. The molecule has 0 saturated carbocycles. The zero-order chi connectivity index (χ0) is 26.3. The molecule has 37 heavy (non-hydrogen) atoms. The lowest BCUT2D eigenvalue weighted by molar-refractivity contribution is 0.0787. The molecule has 0 N–H and O–H groups in total. The Morgan fingerprint density at radius 2 is 1.03 bits per heavy atom. The van der Waals surface area contributed by atoms with Crippen LogP contribution in [0.4, 0.5) is 0 Å². The minimum absolute atomic E-state index is 0.0283. The van der Waals surface area contributed by atoms with Crippen molar-refractivity contribution in [3.8, 4) is 0 Å². The fraction of sp³-hybridized carbons (Fsp3) is 0.278. The van der Waals surface area contributed by atoms with Crippen LogP contribution < -0.4 is 0 Å². The average Bonchev–Trinajstić information content (AvgIpc) is 3.15. The van der Waals surface area contributed by atoms with Crippen molar-refractivity contribution in [3.05, 3.63) is 149 Å². The van der Waals surface area contributed by atoms with Gasteiger partial charge in [0, 0.05) is 6.61 Å². The number of unbranched alkanes of at least 4 members (excludes halogenated alkanes) is 1. The number of fused-ring (bicyclic) bond motifs is 2. The van der Waals surface area contributed by atoms with Crippen molar-refractivity contribution in [1.82, 2.24) is 0 Å². The highest BCUT2D eigenvalue weighted by Crippen LogP contribution is 2.34. The van der Waals surface area contributed by atoms with Crippen LogP contribution in [0.5, 0.6) is 0 Å². The van der Waals surface area contributed by atoms with Gasteiger partial charge in [-0.3, -0.25) is 0 Å². The van der Waals surface area contributed by atoms with E-state index in [1.165, 1.54) is 39.0 Å². The standard InChI is InChI=1S/C32H30O.2C2H6/c1-3-15-27(16-4-1)32(28-17-5-2-6-18-28)33-24-12-11-21-31-29-19-9-7-13-25(29)22-23-26-14-8-10-20-30(26)31;2*1-2/h1-10,13-21,32H,11-12,22-24H2;2*1-2H3. The van der Waals surface area contributed by atoms with Crippen LogP contribution in [0.15, 0.2) is 115 Å². The molecule has 4 aromatic carbocycles. The molecule has 192 valence electrons. The Balaban J connectivity index is 0.000000907. The molecule has 0 spiro atoms. The van der Waals surface area contributed by atoms with Gasteiger partial charge in [-0.15, -0.1) is 0 Å². The number of ether oxygens (including phenoxy) is 1. The fourth-order valence-corrected chi connectivity index (χ4v) is 4.81. The summed E-state index contributed by atoms with van der Waals surface area (Å²) in [7, 11) is 0. The summed E-state index contributed by atoms with van der Waals surface area (Å²) in [6, 6.07) is 38.8. The van der Waals surface area contributed by atoms with Crippen LogP contribution in [-0.2, 0) is 17.6 Å². The minimum atomic E-state index is -0.0283. The summed E-state index contributed by atoms with van der Waals surface area (Å²) >= 11 is 0.